The van der Waals surface area contributed by atoms with Crippen LogP contribution in [0.4, 0.5) is 0 Å². The molecule has 0 aromatic heterocycles. The summed E-state index contributed by atoms with van der Waals surface area (Å²) in [7, 11) is 0. The van der Waals surface area contributed by atoms with Crippen LogP contribution in [0.25, 0.3) is 6.08 Å². The summed E-state index contributed by atoms with van der Waals surface area (Å²) in [6.45, 7) is 0. The molecule has 20 heavy (non-hydrogen) atoms. The summed E-state index contributed by atoms with van der Waals surface area (Å²) in [6, 6.07) is 19.3. The fraction of sp³-hybridized carbons (Fsp3) is 0.111. The minimum atomic E-state index is 0.396. The van der Waals surface area contributed by atoms with E-state index in [0.29, 0.717) is 5.92 Å². The molecule has 1 aliphatic rings. The Morgan fingerprint density at radius 3 is 2.40 bits per heavy atom. The molecule has 0 aliphatic heterocycles. The van der Waals surface area contributed by atoms with Gasteiger partial charge in [-0.1, -0.05) is 66.7 Å². The highest BCUT2D eigenvalue weighted by Crippen LogP contribution is 2.42. The molecule has 0 fully saturated rings. The van der Waals surface area contributed by atoms with E-state index in [1.54, 1.807) is 0 Å². The molecule has 3 rings (SSSR count). The van der Waals surface area contributed by atoms with Crippen LogP contribution < -0.4 is 0 Å². The average molecular weight is 484 g/mol. The van der Waals surface area contributed by atoms with Gasteiger partial charge in [0.15, 0.2) is 0 Å². The summed E-state index contributed by atoms with van der Waals surface area (Å²) in [5.41, 5.74) is 4.17. The molecule has 1 unspecified atom stereocenters. The molecule has 0 saturated carbocycles. The normalized spacial score (nSPS) is 18.4. The van der Waals surface area contributed by atoms with E-state index < -0.39 is 0 Å². The fourth-order valence-corrected chi connectivity index (χ4v) is 4.00. The molecule has 0 N–H and O–H groups in total. The zero-order valence-corrected chi connectivity index (χ0v) is 15.2. The standard InChI is InChI=1S/C18H14I2/c19-17-12-14-8-4-5-9-15(14)16(18(17)20)11-10-13-6-2-1-3-7-13/h1-11,16H,12H2/b11-10+. The lowest BCUT2D eigenvalue weighted by molar-refractivity contribution is 0.982. The second kappa shape index (κ2) is 6.43. The van der Waals surface area contributed by atoms with Gasteiger partial charge in [0.05, 0.1) is 0 Å². The lowest BCUT2D eigenvalue weighted by Gasteiger charge is -2.24. The number of hydrogen-bond acceptors (Lipinski definition) is 0. The van der Waals surface area contributed by atoms with Crippen molar-refractivity contribution in [1.82, 2.24) is 0 Å². The summed E-state index contributed by atoms with van der Waals surface area (Å²) in [4.78, 5) is 0. The van der Waals surface area contributed by atoms with Crippen LogP contribution >= 0.6 is 45.2 Å². The van der Waals surface area contributed by atoms with Crippen molar-refractivity contribution in [2.45, 2.75) is 12.3 Å². The highest BCUT2D eigenvalue weighted by atomic mass is 127. The van der Waals surface area contributed by atoms with Crippen LogP contribution in [0.5, 0.6) is 0 Å². The maximum absolute atomic E-state index is 2.51. The Morgan fingerprint density at radius 2 is 1.60 bits per heavy atom. The van der Waals surface area contributed by atoms with E-state index >= 15 is 0 Å². The van der Waals surface area contributed by atoms with Crippen molar-refractivity contribution in [3.05, 3.63) is 84.5 Å². The Labute approximate surface area is 147 Å². The minimum Gasteiger partial charge on any atom is -0.0716 e. The van der Waals surface area contributed by atoms with Gasteiger partial charge >= 0.3 is 0 Å². The molecule has 1 atom stereocenters. The molecule has 0 radical (unpaired) electrons. The van der Waals surface area contributed by atoms with E-state index in [0.717, 1.165) is 6.42 Å². The Balaban J connectivity index is 1.98. The van der Waals surface area contributed by atoms with Crippen molar-refractivity contribution in [1.29, 1.82) is 0 Å². The number of hydrogen-bond donors (Lipinski definition) is 0. The number of rotatable bonds is 2. The van der Waals surface area contributed by atoms with Crippen LogP contribution in [0.15, 0.2) is 67.8 Å². The van der Waals surface area contributed by atoms with Gasteiger partial charge in [0.1, 0.15) is 0 Å². The van der Waals surface area contributed by atoms with Crippen LogP contribution in [0.1, 0.15) is 22.6 Å². The molecule has 0 bridgehead atoms. The zero-order chi connectivity index (χ0) is 13.9. The molecule has 0 spiro atoms. The zero-order valence-electron chi connectivity index (χ0n) is 10.9. The van der Waals surface area contributed by atoms with Crippen molar-refractivity contribution in [3.8, 4) is 0 Å². The SMILES string of the molecule is IC1=C(I)C(/C=C/c2ccccc2)c2ccccc2C1. The Bertz CT molecular complexity index is 669. The third-order valence-electron chi connectivity index (χ3n) is 3.55. The quantitative estimate of drug-likeness (QED) is 0.451. The predicted molar refractivity (Wildman–Crippen MR) is 103 cm³/mol. The van der Waals surface area contributed by atoms with Crippen molar-refractivity contribution in [3.63, 3.8) is 0 Å². The van der Waals surface area contributed by atoms with Crippen LogP contribution in [0.2, 0.25) is 0 Å². The van der Waals surface area contributed by atoms with Gasteiger partial charge < -0.3 is 0 Å². The fourth-order valence-electron chi connectivity index (χ4n) is 2.52. The molecule has 2 heteroatoms. The molecule has 100 valence electrons. The smallest absolute Gasteiger partial charge is 0.0341 e. The Morgan fingerprint density at radius 1 is 0.900 bits per heavy atom. The molecule has 2 aromatic carbocycles. The van der Waals surface area contributed by atoms with E-state index in [4.69, 9.17) is 0 Å². The van der Waals surface area contributed by atoms with Gasteiger partial charge in [-0.15, -0.1) is 0 Å². The van der Waals surface area contributed by atoms with Crippen molar-refractivity contribution in [2.75, 3.05) is 0 Å². The second-order valence-electron chi connectivity index (χ2n) is 4.88. The maximum Gasteiger partial charge on any atom is 0.0341 e. The number of halogens is 2. The Hall–Kier alpha value is -0.620. The summed E-state index contributed by atoms with van der Waals surface area (Å²) < 4.78 is 2.92. The number of fused-ring (bicyclic) bond motifs is 1. The van der Waals surface area contributed by atoms with E-state index in [2.05, 4.69) is 112 Å². The molecule has 0 nitrogen and oxygen atoms in total. The lowest BCUT2D eigenvalue weighted by Crippen LogP contribution is -2.08. The second-order valence-corrected chi connectivity index (χ2v) is 7.34. The first kappa shape index (κ1) is 14.3. The molecular formula is C18H14I2. The number of allylic oxidation sites excluding steroid dienone is 3. The minimum absolute atomic E-state index is 0.396. The van der Waals surface area contributed by atoms with Crippen molar-refractivity contribution < 1.29 is 0 Å². The van der Waals surface area contributed by atoms with E-state index in [9.17, 15) is 0 Å². The highest BCUT2D eigenvalue weighted by Gasteiger charge is 2.22. The number of benzene rings is 2. The first-order valence-electron chi connectivity index (χ1n) is 6.61. The van der Waals surface area contributed by atoms with Gasteiger partial charge in [-0.2, -0.15) is 0 Å². The maximum atomic E-state index is 2.51. The highest BCUT2D eigenvalue weighted by molar-refractivity contribution is 14.1. The average Bonchev–Trinajstić information content (AvgIpc) is 2.49. The predicted octanol–water partition coefficient (Wildman–Crippen LogP) is 6.12. The van der Waals surface area contributed by atoms with Gasteiger partial charge in [0, 0.05) is 19.5 Å². The molecule has 0 saturated heterocycles. The monoisotopic (exact) mass is 484 g/mol. The Kier molecular flexibility index (Phi) is 4.61. The van der Waals surface area contributed by atoms with Gasteiger partial charge in [0.2, 0.25) is 0 Å². The largest absolute Gasteiger partial charge is 0.0716 e. The van der Waals surface area contributed by atoms with Crippen molar-refractivity contribution >= 4 is 51.3 Å². The van der Waals surface area contributed by atoms with E-state index in [1.165, 1.54) is 23.9 Å². The molecule has 1 aliphatic carbocycles. The third-order valence-corrected chi connectivity index (χ3v) is 6.87. The summed E-state index contributed by atoms with van der Waals surface area (Å²) in [5, 5.41) is 0. The molecule has 0 heterocycles. The van der Waals surface area contributed by atoms with Crippen molar-refractivity contribution in [2.24, 2.45) is 0 Å². The van der Waals surface area contributed by atoms with E-state index in [-0.39, 0.29) is 0 Å². The summed E-state index contributed by atoms with van der Waals surface area (Å²) >= 11 is 4.99. The molecular weight excluding hydrogens is 470 g/mol. The topological polar surface area (TPSA) is 0 Å². The summed E-state index contributed by atoms with van der Waals surface area (Å²) in [6.07, 6.45) is 5.63. The first-order valence-corrected chi connectivity index (χ1v) is 8.76. The van der Waals surface area contributed by atoms with Crippen LogP contribution in [-0.4, -0.2) is 0 Å². The van der Waals surface area contributed by atoms with Gasteiger partial charge in [0.25, 0.3) is 0 Å². The van der Waals surface area contributed by atoms with Crippen LogP contribution in [0, 0.1) is 0 Å². The first-order chi connectivity index (χ1) is 9.75. The van der Waals surface area contributed by atoms with Crippen LogP contribution in [0.3, 0.4) is 0 Å². The van der Waals surface area contributed by atoms with Crippen LogP contribution in [-0.2, 0) is 6.42 Å². The van der Waals surface area contributed by atoms with Gasteiger partial charge in [-0.05, 0) is 61.9 Å². The van der Waals surface area contributed by atoms with Gasteiger partial charge in [-0.25, -0.2) is 0 Å². The molecule has 2 aromatic rings. The third kappa shape index (κ3) is 3.01. The van der Waals surface area contributed by atoms with E-state index in [1.807, 2.05) is 0 Å². The summed E-state index contributed by atoms with van der Waals surface area (Å²) in [5.74, 6) is 0.396. The lowest BCUT2D eigenvalue weighted by atomic mass is 9.87. The molecule has 0 amide bonds. The van der Waals surface area contributed by atoms with Gasteiger partial charge in [-0.3, -0.25) is 0 Å².